The molecule has 3 fully saturated rings. The summed E-state index contributed by atoms with van der Waals surface area (Å²) in [6.07, 6.45) is 8.00. The molecule has 0 aliphatic carbocycles. The summed E-state index contributed by atoms with van der Waals surface area (Å²) >= 11 is 0. The Kier molecular flexibility index (Phi) is 6.22. The van der Waals surface area contributed by atoms with Gasteiger partial charge in [-0.15, -0.1) is 12.4 Å². The predicted octanol–water partition coefficient (Wildman–Crippen LogP) is 4.99. The smallest absolute Gasteiger partial charge is 0.223 e. The van der Waals surface area contributed by atoms with Crippen molar-refractivity contribution in [2.75, 3.05) is 6.54 Å². The zero-order valence-corrected chi connectivity index (χ0v) is 17.9. The number of fused-ring (bicyclic) bond motifs is 2. The number of hydrogen-bond acceptors (Lipinski definition) is 2. The quantitative estimate of drug-likeness (QED) is 0.788. The molecule has 2 bridgehead atoms. The van der Waals surface area contributed by atoms with E-state index < -0.39 is 0 Å². The number of halogens is 1. The van der Waals surface area contributed by atoms with Crippen molar-refractivity contribution in [2.24, 2.45) is 5.92 Å². The first-order valence-electron chi connectivity index (χ1n) is 10.6. The van der Waals surface area contributed by atoms with Crippen LogP contribution in [0.1, 0.15) is 82.9 Å². The van der Waals surface area contributed by atoms with E-state index in [4.69, 9.17) is 0 Å². The van der Waals surface area contributed by atoms with Crippen LogP contribution < -0.4 is 5.32 Å². The van der Waals surface area contributed by atoms with Gasteiger partial charge in [0.1, 0.15) is 0 Å². The van der Waals surface area contributed by atoms with E-state index in [1.807, 2.05) is 0 Å². The highest BCUT2D eigenvalue weighted by molar-refractivity contribution is 5.85. The van der Waals surface area contributed by atoms with Crippen molar-refractivity contribution in [2.45, 2.75) is 89.3 Å². The summed E-state index contributed by atoms with van der Waals surface area (Å²) in [4.78, 5) is 15.2. The fraction of sp³-hybridized carbons (Fsp3) is 0.696. The molecule has 0 saturated carbocycles. The number of piperidine rings is 1. The van der Waals surface area contributed by atoms with Crippen LogP contribution in [-0.4, -0.2) is 29.4 Å². The molecule has 4 rings (SSSR count). The largest absolute Gasteiger partial charge is 0.336 e. The summed E-state index contributed by atoms with van der Waals surface area (Å²) in [7, 11) is 0. The van der Waals surface area contributed by atoms with E-state index in [0.29, 0.717) is 23.9 Å². The van der Waals surface area contributed by atoms with Crippen LogP contribution in [0.2, 0.25) is 0 Å². The zero-order chi connectivity index (χ0) is 18.3. The lowest BCUT2D eigenvalue weighted by Crippen LogP contribution is -2.40. The Morgan fingerprint density at radius 2 is 1.70 bits per heavy atom. The van der Waals surface area contributed by atoms with Gasteiger partial charge in [0.15, 0.2) is 0 Å². The number of carbonyl (C=O) groups is 1. The van der Waals surface area contributed by atoms with E-state index in [1.54, 1.807) is 0 Å². The van der Waals surface area contributed by atoms with Gasteiger partial charge in [-0.05, 0) is 61.0 Å². The minimum atomic E-state index is 0. The average Bonchev–Trinajstić information content (AvgIpc) is 3.21. The van der Waals surface area contributed by atoms with Crippen LogP contribution in [0.5, 0.6) is 0 Å². The van der Waals surface area contributed by atoms with Crippen molar-refractivity contribution in [1.82, 2.24) is 10.2 Å². The highest BCUT2D eigenvalue weighted by Gasteiger charge is 2.36. The molecule has 0 spiro atoms. The van der Waals surface area contributed by atoms with Gasteiger partial charge in [-0.3, -0.25) is 4.79 Å². The summed E-state index contributed by atoms with van der Waals surface area (Å²) < 4.78 is 0. The number of nitrogens with one attached hydrogen (secondary N) is 1. The number of hydrogen-bond donors (Lipinski definition) is 1. The second-order valence-electron chi connectivity index (χ2n) is 9.80. The first-order valence-corrected chi connectivity index (χ1v) is 10.6. The van der Waals surface area contributed by atoms with E-state index >= 15 is 0 Å². The molecule has 1 aromatic rings. The van der Waals surface area contributed by atoms with Gasteiger partial charge >= 0.3 is 0 Å². The molecule has 3 saturated heterocycles. The van der Waals surface area contributed by atoms with Crippen molar-refractivity contribution >= 4 is 18.3 Å². The number of benzene rings is 1. The van der Waals surface area contributed by atoms with Gasteiger partial charge in [0.25, 0.3) is 0 Å². The molecule has 1 aromatic carbocycles. The lowest BCUT2D eigenvalue weighted by molar-refractivity contribution is -0.133. The maximum Gasteiger partial charge on any atom is 0.223 e. The van der Waals surface area contributed by atoms with Crippen molar-refractivity contribution in [3.05, 3.63) is 35.4 Å². The van der Waals surface area contributed by atoms with Crippen molar-refractivity contribution in [1.29, 1.82) is 0 Å². The Morgan fingerprint density at radius 1 is 1.07 bits per heavy atom. The molecular formula is C23H35ClN2O. The highest BCUT2D eigenvalue weighted by atomic mass is 35.5. The molecule has 0 radical (unpaired) electrons. The summed E-state index contributed by atoms with van der Waals surface area (Å²) in [5, 5.41) is 3.69. The zero-order valence-electron chi connectivity index (χ0n) is 17.0. The topological polar surface area (TPSA) is 32.3 Å². The van der Waals surface area contributed by atoms with Crippen LogP contribution >= 0.6 is 12.4 Å². The number of carbonyl (C=O) groups excluding carboxylic acids is 1. The van der Waals surface area contributed by atoms with Gasteiger partial charge < -0.3 is 10.2 Å². The van der Waals surface area contributed by atoms with Crippen molar-refractivity contribution in [3.8, 4) is 0 Å². The molecule has 3 nitrogen and oxygen atoms in total. The third-order valence-corrected chi connectivity index (χ3v) is 6.77. The molecule has 1 amide bonds. The monoisotopic (exact) mass is 390 g/mol. The van der Waals surface area contributed by atoms with Crippen molar-refractivity contribution < 1.29 is 4.79 Å². The van der Waals surface area contributed by atoms with Gasteiger partial charge in [0.05, 0.1) is 6.04 Å². The first kappa shape index (κ1) is 20.7. The molecular weight excluding hydrogens is 356 g/mol. The SMILES string of the molecule is CC(C)(C)c1ccc(C2CCCN2C(=O)CC2CC3CCC(C2)N3)cc1.Cl. The second-order valence-corrected chi connectivity index (χ2v) is 9.80. The Morgan fingerprint density at radius 3 is 2.30 bits per heavy atom. The van der Waals surface area contributed by atoms with Crippen LogP contribution in [0.25, 0.3) is 0 Å². The number of rotatable bonds is 3. The number of nitrogens with zero attached hydrogens (tertiary/aromatic N) is 1. The van der Waals surface area contributed by atoms with Gasteiger partial charge in [-0.25, -0.2) is 0 Å². The van der Waals surface area contributed by atoms with E-state index in [2.05, 4.69) is 55.3 Å². The van der Waals surface area contributed by atoms with Crippen molar-refractivity contribution in [3.63, 3.8) is 0 Å². The summed E-state index contributed by atoms with van der Waals surface area (Å²) in [6, 6.07) is 10.6. The molecule has 3 aliphatic heterocycles. The third-order valence-electron chi connectivity index (χ3n) is 6.77. The van der Waals surface area contributed by atoms with Crippen LogP contribution in [-0.2, 0) is 10.2 Å². The minimum absolute atomic E-state index is 0. The maximum absolute atomic E-state index is 13.1. The van der Waals surface area contributed by atoms with E-state index in [1.165, 1.54) is 36.8 Å². The summed E-state index contributed by atoms with van der Waals surface area (Å²) in [5.74, 6) is 0.976. The number of amides is 1. The Balaban J connectivity index is 0.00000210. The molecule has 150 valence electrons. The van der Waals surface area contributed by atoms with Gasteiger partial charge in [0.2, 0.25) is 5.91 Å². The van der Waals surface area contributed by atoms with Gasteiger partial charge in [0, 0.05) is 25.0 Å². The molecule has 3 heterocycles. The molecule has 27 heavy (non-hydrogen) atoms. The van der Waals surface area contributed by atoms with E-state index in [-0.39, 0.29) is 23.9 Å². The Bertz CT molecular complexity index is 639. The highest BCUT2D eigenvalue weighted by Crippen LogP contribution is 2.37. The molecule has 3 unspecified atom stereocenters. The van der Waals surface area contributed by atoms with Gasteiger partial charge in [-0.2, -0.15) is 0 Å². The molecule has 0 aromatic heterocycles. The first-order chi connectivity index (χ1) is 12.4. The predicted molar refractivity (Wildman–Crippen MR) is 113 cm³/mol. The molecule has 4 heteroatoms. The van der Waals surface area contributed by atoms with Crippen LogP contribution in [0, 0.1) is 5.92 Å². The lowest BCUT2D eigenvalue weighted by atomic mass is 9.86. The Labute approximate surface area is 170 Å². The molecule has 3 atom stereocenters. The fourth-order valence-electron chi connectivity index (χ4n) is 5.32. The number of likely N-dealkylation sites (tertiary alicyclic amines) is 1. The maximum atomic E-state index is 13.1. The van der Waals surface area contributed by atoms with Gasteiger partial charge in [-0.1, -0.05) is 45.0 Å². The van der Waals surface area contributed by atoms with Crippen LogP contribution in [0.15, 0.2) is 24.3 Å². The molecule has 3 aliphatic rings. The summed E-state index contributed by atoms with van der Waals surface area (Å²) in [6.45, 7) is 7.68. The normalized spacial score (nSPS) is 30.3. The van der Waals surface area contributed by atoms with E-state index in [9.17, 15) is 4.79 Å². The third kappa shape index (κ3) is 4.51. The second kappa shape index (κ2) is 8.13. The summed E-state index contributed by atoms with van der Waals surface area (Å²) in [5.41, 5.74) is 2.86. The standard InChI is InChI=1S/C23H34N2O.ClH/c1-23(2,3)18-8-6-17(7-9-18)21-5-4-12-25(21)22(26)15-16-13-19-10-11-20(14-16)24-19;/h6-9,16,19-21,24H,4-5,10-15H2,1-3H3;1H. The van der Waals surface area contributed by atoms with Crippen LogP contribution in [0.3, 0.4) is 0 Å². The molecule has 1 N–H and O–H groups in total. The average molecular weight is 391 g/mol. The van der Waals surface area contributed by atoms with Crippen LogP contribution in [0.4, 0.5) is 0 Å². The minimum Gasteiger partial charge on any atom is -0.336 e. The Hall–Kier alpha value is -1.06. The lowest BCUT2D eigenvalue weighted by Gasteiger charge is -2.32. The van der Waals surface area contributed by atoms with E-state index in [0.717, 1.165) is 25.8 Å². The fourth-order valence-corrected chi connectivity index (χ4v) is 5.32.